The van der Waals surface area contributed by atoms with Gasteiger partial charge in [-0.2, -0.15) is 0 Å². The van der Waals surface area contributed by atoms with E-state index in [0.717, 1.165) is 33.0 Å². The molecule has 1 aromatic carbocycles. The number of carbonyl (C=O) groups excluding carboxylic acids is 2. The molecule has 2 amide bonds. The van der Waals surface area contributed by atoms with Crippen LogP contribution in [0.4, 0.5) is 4.39 Å². The number of aryl methyl sites for hydroxylation is 1. The van der Waals surface area contributed by atoms with E-state index in [2.05, 4.69) is 16.9 Å². The maximum Gasteiger partial charge on any atom is 0.277 e. The van der Waals surface area contributed by atoms with Crippen molar-refractivity contribution in [2.24, 2.45) is 0 Å². The van der Waals surface area contributed by atoms with Gasteiger partial charge in [0.15, 0.2) is 0 Å². The van der Waals surface area contributed by atoms with Gasteiger partial charge in [0, 0.05) is 30.5 Å². The van der Waals surface area contributed by atoms with Crippen molar-refractivity contribution in [1.82, 2.24) is 15.2 Å². The summed E-state index contributed by atoms with van der Waals surface area (Å²) in [5.74, 6) is -0.972. The molecule has 0 aliphatic carbocycles. The topological polar surface area (TPSA) is 65.2 Å². The molecule has 0 bridgehead atoms. The number of carbonyl (C=O) groups is 2. The Kier molecular flexibility index (Phi) is 5.82. The zero-order chi connectivity index (χ0) is 21.1. The van der Waals surface area contributed by atoms with E-state index in [0.29, 0.717) is 24.2 Å². The molecule has 2 N–H and O–H groups in total. The zero-order valence-electron chi connectivity index (χ0n) is 16.8. The first-order valence-electron chi connectivity index (χ1n) is 9.38. The standard InChI is InChI=1S/C23H24FN3O2/c1-5-6-7-18-14(2)19(15(3)26-18)20-21(23(29)27(4)22(20)28)25-13-12-16-8-10-17(24)11-9-16/h5-11,25-26H,1,12-13H2,2-4H3/b7-6-. The summed E-state index contributed by atoms with van der Waals surface area (Å²) in [5.41, 5.74) is 4.92. The van der Waals surface area contributed by atoms with Crippen LogP contribution in [0.1, 0.15) is 28.1 Å². The average Bonchev–Trinajstić information content (AvgIpc) is 3.09. The van der Waals surface area contributed by atoms with Crippen molar-refractivity contribution < 1.29 is 14.0 Å². The van der Waals surface area contributed by atoms with Crippen LogP contribution in [-0.4, -0.2) is 35.3 Å². The number of nitrogens with one attached hydrogen (secondary N) is 2. The van der Waals surface area contributed by atoms with Gasteiger partial charge in [0.05, 0.1) is 5.57 Å². The Balaban J connectivity index is 1.93. The number of H-pyrrole nitrogens is 1. The highest BCUT2D eigenvalue weighted by Gasteiger charge is 2.38. The van der Waals surface area contributed by atoms with Crippen molar-refractivity contribution >= 4 is 23.5 Å². The average molecular weight is 393 g/mol. The number of allylic oxidation sites excluding steroid dienone is 2. The molecule has 3 rings (SSSR count). The summed E-state index contributed by atoms with van der Waals surface area (Å²) in [6.45, 7) is 7.92. The number of imide groups is 1. The molecule has 1 aliphatic rings. The number of amides is 2. The molecular weight excluding hydrogens is 369 g/mol. The third kappa shape index (κ3) is 3.92. The lowest BCUT2D eigenvalue weighted by molar-refractivity contribution is -0.135. The predicted octanol–water partition coefficient (Wildman–Crippen LogP) is 3.51. The highest BCUT2D eigenvalue weighted by molar-refractivity contribution is 6.35. The normalized spacial score (nSPS) is 14.4. The van der Waals surface area contributed by atoms with E-state index in [1.807, 2.05) is 26.0 Å². The first kappa shape index (κ1) is 20.3. The van der Waals surface area contributed by atoms with Crippen LogP contribution in [0.3, 0.4) is 0 Å². The summed E-state index contributed by atoms with van der Waals surface area (Å²) in [5, 5.41) is 3.14. The highest BCUT2D eigenvalue weighted by atomic mass is 19.1. The van der Waals surface area contributed by atoms with E-state index < -0.39 is 0 Å². The van der Waals surface area contributed by atoms with Crippen molar-refractivity contribution in [3.05, 3.63) is 82.6 Å². The molecule has 0 atom stereocenters. The maximum absolute atomic E-state index is 13.1. The molecule has 0 saturated heterocycles. The largest absolute Gasteiger partial charge is 0.380 e. The van der Waals surface area contributed by atoms with E-state index in [9.17, 15) is 14.0 Å². The Morgan fingerprint density at radius 2 is 1.86 bits per heavy atom. The number of nitrogens with zero attached hydrogens (tertiary/aromatic N) is 1. The van der Waals surface area contributed by atoms with Gasteiger partial charge in [-0.1, -0.05) is 30.9 Å². The molecule has 0 saturated carbocycles. The Hall–Kier alpha value is -3.41. The van der Waals surface area contributed by atoms with Crippen LogP contribution in [0, 0.1) is 19.7 Å². The van der Waals surface area contributed by atoms with Gasteiger partial charge in [0.2, 0.25) is 0 Å². The number of aromatic nitrogens is 1. The minimum absolute atomic E-state index is 0.287. The number of hydrogen-bond acceptors (Lipinski definition) is 3. The lowest BCUT2D eigenvalue weighted by Crippen LogP contribution is -2.30. The molecule has 29 heavy (non-hydrogen) atoms. The molecule has 1 aliphatic heterocycles. The van der Waals surface area contributed by atoms with Crippen LogP contribution < -0.4 is 5.32 Å². The molecule has 5 nitrogen and oxygen atoms in total. The van der Waals surface area contributed by atoms with Gasteiger partial charge in [-0.3, -0.25) is 14.5 Å². The SMILES string of the molecule is C=C/C=C\c1[nH]c(C)c(C2=C(NCCc3ccc(F)cc3)C(=O)N(C)C2=O)c1C. The van der Waals surface area contributed by atoms with Gasteiger partial charge in [-0.25, -0.2) is 4.39 Å². The predicted molar refractivity (Wildman–Crippen MR) is 112 cm³/mol. The lowest BCUT2D eigenvalue weighted by atomic mass is 9.99. The van der Waals surface area contributed by atoms with Crippen LogP contribution in [0.25, 0.3) is 11.6 Å². The minimum Gasteiger partial charge on any atom is -0.380 e. The smallest absolute Gasteiger partial charge is 0.277 e. The molecule has 6 heteroatoms. The summed E-state index contributed by atoms with van der Waals surface area (Å²) < 4.78 is 13.1. The Labute approximate surface area is 169 Å². The molecule has 2 heterocycles. The van der Waals surface area contributed by atoms with Gasteiger partial charge < -0.3 is 10.3 Å². The molecule has 0 unspecified atom stereocenters. The number of rotatable bonds is 7. The monoisotopic (exact) mass is 393 g/mol. The van der Waals surface area contributed by atoms with Gasteiger partial charge >= 0.3 is 0 Å². The molecule has 2 aromatic rings. The quantitative estimate of drug-likeness (QED) is 0.559. The van der Waals surface area contributed by atoms with E-state index >= 15 is 0 Å². The second-order valence-electron chi connectivity index (χ2n) is 6.98. The van der Waals surface area contributed by atoms with Crippen molar-refractivity contribution in [2.75, 3.05) is 13.6 Å². The van der Waals surface area contributed by atoms with Crippen molar-refractivity contribution in [3.63, 3.8) is 0 Å². The molecule has 150 valence electrons. The number of hydrogen-bond donors (Lipinski definition) is 2. The van der Waals surface area contributed by atoms with Gasteiger partial charge in [-0.05, 0) is 49.6 Å². The summed E-state index contributed by atoms with van der Waals surface area (Å²) in [6.07, 6.45) is 5.97. The van der Waals surface area contributed by atoms with Crippen LogP contribution in [0.5, 0.6) is 0 Å². The Bertz CT molecular complexity index is 1030. The molecule has 1 aromatic heterocycles. The number of halogens is 1. The number of benzene rings is 1. The fourth-order valence-electron chi connectivity index (χ4n) is 3.50. The highest BCUT2D eigenvalue weighted by Crippen LogP contribution is 2.33. The first-order valence-corrected chi connectivity index (χ1v) is 9.38. The van der Waals surface area contributed by atoms with Crippen molar-refractivity contribution in [2.45, 2.75) is 20.3 Å². The summed E-state index contributed by atoms with van der Waals surface area (Å²) in [6, 6.07) is 6.23. The third-order valence-corrected chi connectivity index (χ3v) is 5.04. The Morgan fingerprint density at radius 1 is 1.17 bits per heavy atom. The maximum atomic E-state index is 13.1. The first-order chi connectivity index (χ1) is 13.8. The summed E-state index contributed by atoms with van der Waals surface area (Å²) >= 11 is 0. The fourth-order valence-corrected chi connectivity index (χ4v) is 3.50. The Morgan fingerprint density at radius 3 is 2.52 bits per heavy atom. The summed E-state index contributed by atoms with van der Waals surface area (Å²) in [4.78, 5) is 29.9. The fraction of sp³-hybridized carbons (Fsp3) is 0.217. The van der Waals surface area contributed by atoms with E-state index in [1.165, 1.54) is 19.2 Å². The van der Waals surface area contributed by atoms with Gasteiger partial charge in [-0.15, -0.1) is 0 Å². The zero-order valence-corrected chi connectivity index (χ0v) is 16.8. The van der Waals surface area contributed by atoms with Crippen LogP contribution in [0.2, 0.25) is 0 Å². The second kappa shape index (κ2) is 8.31. The lowest BCUT2D eigenvalue weighted by Gasteiger charge is -2.09. The molecule has 0 fully saturated rings. The van der Waals surface area contributed by atoms with Gasteiger partial charge in [0.25, 0.3) is 11.8 Å². The van der Waals surface area contributed by atoms with E-state index in [-0.39, 0.29) is 17.6 Å². The van der Waals surface area contributed by atoms with Gasteiger partial charge in [0.1, 0.15) is 11.5 Å². The summed E-state index contributed by atoms with van der Waals surface area (Å²) in [7, 11) is 1.48. The molecule has 0 radical (unpaired) electrons. The molecule has 0 spiro atoms. The van der Waals surface area contributed by atoms with Crippen LogP contribution in [-0.2, 0) is 16.0 Å². The minimum atomic E-state index is -0.354. The molecular formula is C23H24FN3O2. The number of aromatic amines is 1. The van der Waals surface area contributed by atoms with Crippen molar-refractivity contribution in [1.29, 1.82) is 0 Å². The van der Waals surface area contributed by atoms with E-state index in [1.54, 1.807) is 18.2 Å². The van der Waals surface area contributed by atoms with E-state index in [4.69, 9.17) is 0 Å². The third-order valence-electron chi connectivity index (χ3n) is 5.04. The van der Waals surface area contributed by atoms with Crippen LogP contribution in [0.15, 0.2) is 48.7 Å². The van der Waals surface area contributed by atoms with Crippen molar-refractivity contribution in [3.8, 4) is 0 Å². The number of likely N-dealkylation sites (N-methyl/N-ethyl adjacent to an activating group) is 1. The van der Waals surface area contributed by atoms with Crippen LogP contribution >= 0.6 is 0 Å². The second-order valence-corrected chi connectivity index (χ2v) is 6.98.